The van der Waals surface area contributed by atoms with Crippen LogP contribution in [-0.4, -0.2) is 57.0 Å². The quantitative estimate of drug-likeness (QED) is 0.210. The lowest BCUT2D eigenvalue weighted by atomic mass is 10.00. The number of nitrogens with two attached hydrogens (primary N) is 2. The van der Waals surface area contributed by atoms with Crippen LogP contribution in [0.1, 0.15) is 42.5 Å². The number of carbonyl (C=O) groups is 2. The largest absolute Gasteiger partial charge is 0.355 e. The van der Waals surface area contributed by atoms with E-state index in [2.05, 4.69) is 16.0 Å². The van der Waals surface area contributed by atoms with Gasteiger partial charge in [0, 0.05) is 38.2 Å². The fourth-order valence-electron chi connectivity index (χ4n) is 2.67. The Balaban J connectivity index is 1.97. The molecule has 0 heterocycles. The van der Waals surface area contributed by atoms with Crippen LogP contribution in [0.5, 0.6) is 0 Å². The number of carbonyl (C=O) groups excluding carboxylic acids is 2. The lowest BCUT2D eigenvalue weighted by Crippen LogP contribution is -2.33. The predicted octanol–water partition coefficient (Wildman–Crippen LogP) is 0.401. The first-order chi connectivity index (χ1) is 13.1. The summed E-state index contributed by atoms with van der Waals surface area (Å²) in [5.74, 6) is 0.00808. The van der Waals surface area contributed by atoms with E-state index in [1.54, 1.807) is 12.1 Å². The van der Waals surface area contributed by atoms with Gasteiger partial charge in [0.1, 0.15) is 0 Å². The molecule has 1 amide bonds. The van der Waals surface area contributed by atoms with Crippen LogP contribution in [0.25, 0.3) is 0 Å². The molecule has 0 aliphatic heterocycles. The molecular formula is C20H35N5O2. The fourth-order valence-corrected chi connectivity index (χ4v) is 2.67. The minimum atomic E-state index is -0.501. The Morgan fingerprint density at radius 2 is 1.59 bits per heavy atom. The van der Waals surface area contributed by atoms with Gasteiger partial charge in [-0.1, -0.05) is 36.8 Å². The van der Waals surface area contributed by atoms with Crippen LogP contribution in [0.2, 0.25) is 0 Å². The number of ketones is 1. The summed E-state index contributed by atoms with van der Waals surface area (Å²) in [6, 6.07) is 8.59. The first-order valence-corrected chi connectivity index (χ1v) is 9.88. The maximum Gasteiger partial charge on any atom is 0.220 e. The smallest absolute Gasteiger partial charge is 0.220 e. The van der Waals surface area contributed by atoms with Crippen molar-refractivity contribution in [1.29, 1.82) is 0 Å². The zero-order valence-electron chi connectivity index (χ0n) is 16.2. The second kappa shape index (κ2) is 15.3. The van der Waals surface area contributed by atoms with Crippen LogP contribution in [0.3, 0.4) is 0 Å². The van der Waals surface area contributed by atoms with Gasteiger partial charge in [-0.25, -0.2) is 0 Å². The Kier molecular flexibility index (Phi) is 13.1. The summed E-state index contributed by atoms with van der Waals surface area (Å²) in [5, 5.41) is 9.42. The average molecular weight is 378 g/mol. The maximum atomic E-state index is 12.2. The Bertz CT molecular complexity index is 524. The first kappa shape index (κ1) is 23.2. The van der Waals surface area contributed by atoms with E-state index < -0.39 is 6.04 Å². The topological polar surface area (TPSA) is 122 Å². The molecule has 7 N–H and O–H groups in total. The van der Waals surface area contributed by atoms with Gasteiger partial charge in [0.25, 0.3) is 0 Å². The molecule has 0 aliphatic carbocycles. The summed E-state index contributed by atoms with van der Waals surface area (Å²) in [4.78, 5) is 23.9. The molecule has 152 valence electrons. The molecular weight excluding hydrogens is 342 g/mol. The Hall–Kier alpha value is -1.80. The van der Waals surface area contributed by atoms with E-state index >= 15 is 0 Å². The molecule has 0 aliphatic rings. The highest BCUT2D eigenvalue weighted by Crippen LogP contribution is 2.08. The van der Waals surface area contributed by atoms with Crippen molar-refractivity contribution in [3.05, 3.63) is 35.9 Å². The highest BCUT2D eigenvalue weighted by atomic mass is 16.1. The van der Waals surface area contributed by atoms with Gasteiger partial charge >= 0.3 is 0 Å². The minimum Gasteiger partial charge on any atom is -0.355 e. The molecule has 0 aromatic heterocycles. The predicted molar refractivity (Wildman–Crippen MR) is 110 cm³/mol. The molecule has 7 nitrogen and oxygen atoms in total. The normalized spacial score (nSPS) is 11.9. The van der Waals surface area contributed by atoms with E-state index in [4.69, 9.17) is 11.5 Å². The summed E-state index contributed by atoms with van der Waals surface area (Å²) in [6.45, 7) is 4.77. The van der Waals surface area contributed by atoms with Crippen LogP contribution >= 0.6 is 0 Å². The Morgan fingerprint density at radius 1 is 0.889 bits per heavy atom. The van der Waals surface area contributed by atoms with Gasteiger partial charge in [0.15, 0.2) is 5.78 Å². The number of amides is 1. The molecule has 1 aromatic carbocycles. The van der Waals surface area contributed by atoms with Crippen molar-refractivity contribution in [2.24, 2.45) is 11.5 Å². The van der Waals surface area contributed by atoms with Gasteiger partial charge in [-0.3, -0.25) is 9.59 Å². The summed E-state index contributed by atoms with van der Waals surface area (Å²) in [6.07, 6.45) is 3.61. The highest BCUT2D eigenvalue weighted by molar-refractivity contribution is 5.99. The molecule has 1 unspecified atom stereocenters. The van der Waals surface area contributed by atoms with E-state index in [9.17, 15) is 9.59 Å². The van der Waals surface area contributed by atoms with Gasteiger partial charge in [0.2, 0.25) is 5.91 Å². The second-order valence-corrected chi connectivity index (χ2v) is 6.57. The number of Topliss-reactive ketones (excluding diaryl/α,β-unsaturated/α-hetero) is 1. The molecule has 7 heteroatoms. The van der Waals surface area contributed by atoms with Crippen LogP contribution in [0.4, 0.5) is 0 Å². The Labute approximate surface area is 162 Å². The molecule has 0 radical (unpaired) electrons. The van der Waals surface area contributed by atoms with Gasteiger partial charge in [0.05, 0.1) is 6.04 Å². The maximum absolute atomic E-state index is 12.2. The number of hydrogen-bond acceptors (Lipinski definition) is 6. The second-order valence-electron chi connectivity index (χ2n) is 6.57. The van der Waals surface area contributed by atoms with Crippen molar-refractivity contribution in [2.75, 3.05) is 39.3 Å². The molecule has 0 fully saturated rings. The van der Waals surface area contributed by atoms with Crippen molar-refractivity contribution < 1.29 is 9.59 Å². The molecule has 1 atom stereocenters. The van der Waals surface area contributed by atoms with E-state index in [0.29, 0.717) is 31.5 Å². The van der Waals surface area contributed by atoms with Crippen LogP contribution < -0.4 is 27.4 Å². The first-order valence-electron chi connectivity index (χ1n) is 9.88. The molecule has 0 saturated heterocycles. The number of rotatable bonds is 16. The van der Waals surface area contributed by atoms with Crippen LogP contribution in [0.15, 0.2) is 30.3 Å². The van der Waals surface area contributed by atoms with E-state index in [-0.39, 0.29) is 11.7 Å². The monoisotopic (exact) mass is 377 g/mol. The minimum absolute atomic E-state index is 0.0376. The number of benzene rings is 1. The molecule has 0 spiro atoms. The zero-order valence-corrected chi connectivity index (χ0v) is 16.2. The molecule has 0 bridgehead atoms. The SMILES string of the molecule is NCCNCCCNCCNC(=O)CCCCC(N)C(=O)c1ccccc1. The third kappa shape index (κ3) is 11.5. The molecule has 1 aromatic rings. The van der Waals surface area contributed by atoms with Crippen molar-refractivity contribution in [3.8, 4) is 0 Å². The lowest BCUT2D eigenvalue weighted by Gasteiger charge is -2.11. The van der Waals surface area contributed by atoms with Gasteiger partial charge in [-0.15, -0.1) is 0 Å². The summed E-state index contributed by atoms with van der Waals surface area (Å²) >= 11 is 0. The summed E-state index contributed by atoms with van der Waals surface area (Å²) < 4.78 is 0. The molecule has 0 saturated carbocycles. The fraction of sp³-hybridized carbons (Fsp3) is 0.600. The van der Waals surface area contributed by atoms with Crippen LogP contribution in [0, 0.1) is 0 Å². The van der Waals surface area contributed by atoms with Gasteiger partial charge in [-0.2, -0.15) is 0 Å². The molecule has 27 heavy (non-hydrogen) atoms. The van der Waals surface area contributed by atoms with Gasteiger partial charge in [-0.05, 0) is 32.4 Å². The van der Waals surface area contributed by atoms with Crippen molar-refractivity contribution >= 4 is 11.7 Å². The number of nitrogens with one attached hydrogen (secondary N) is 3. The number of unbranched alkanes of at least 4 members (excludes halogenated alkanes) is 1. The third-order valence-corrected chi connectivity index (χ3v) is 4.22. The Morgan fingerprint density at radius 3 is 2.30 bits per heavy atom. The van der Waals surface area contributed by atoms with Crippen molar-refractivity contribution in [3.63, 3.8) is 0 Å². The molecule has 1 rings (SSSR count). The standard InChI is InChI=1S/C20H35N5O2/c21-11-14-23-12-6-13-24-15-16-25-19(26)10-5-4-9-18(22)20(27)17-7-2-1-3-8-17/h1-3,7-8,18,23-24H,4-6,9-16,21-22H2,(H,25,26). The van der Waals surface area contributed by atoms with Crippen molar-refractivity contribution in [1.82, 2.24) is 16.0 Å². The summed E-state index contributed by atoms with van der Waals surface area (Å²) in [5.41, 5.74) is 12.0. The van der Waals surface area contributed by atoms with E-state index in [1.165, 1.54) is 0 Å². The highest BCUT2D eigenvalue weighted by Gasteiger charge is 2.14. The van der Waals surface area contributed by atoms with Crippen molar-refractivity contribution in [2.45, 2.75) is 38.1 Å². The van der Waals surface area contributed by atoms with E-state index in [0.717, 1.165) is 45.4 Å². The van der Waals surface area contributed by atoms with E-state index in [1.807, 2.05) is 18.2 Å². The van der Waals surface area contributed by atoms with Crippen LogP contribution in [-0.2, 0) is 4.79 Å². The number of hydrogen-bond donors (Lipinski definition) is 5. The van der Waals surface area contributed by atoms with Gasteiger partial charge < -0.3 is 27.4 Å². The zero-order chi connectivity index (χ0) is 19.7. The lowest BCUT2D eigenvalue weighted by molar-refractivity contribution is -0.121. The summed E-state index contributed by atoms with van der Waals surface area (Å²) in [7, 11) is 0. The average Bonchev–Trinajstić information content (AvgIpc) is 2.70. The third-order valence-electron chi connectivity index (χ3n) is 4.22.